The lowest BCUT2D eigenvalue weighted by molar-refractivity contribution is -0.142. The average molecular weight is 351 g/mol. The Labute approximate surface area is 100.0 Å². The van der Waals surface area contributed by atoms with E-state index in [2.05, 4.69) is 4.98 Å². The number of carbonyl (C=O) groups is 1. The van der Waals surface area contributed by atoms with Crippen LogP contribution in [0.15, 0.2) is 6.07 Å². The summed E-state index contributed by atoms with van der Waals surface area (Å²) in [5, 5.41) is 0. The molecule has 0 aromatic carbocycles. The van der Waals surface area contributed by atoms with E-state index in [1.165, 1.54) is 22.6 Å². The number of pyridine rings is 1. The third-order valence-electron chi connectivity index (χ3n) is 1.62. The van der Waals surface area contributed by atoms with Gasteiger partial charge in [0.05, 0.1) is 3.57 Å². The molecule has 0 bridgehead atoms. The summed E-state index contributed by atoms with van der Waals surface area (Å²) in [6.45, 7) is 0. The maximum atomic E-state index is 12.4. The van der Waals surface area contributed by atoms with Crippen molar-refractivity contribution in [3.8, 4) is 0 Å². The SMILES string of the molecule is O=Cc1cc(C(F)F)nc(C(F)(F)F)c1I. The second-order valence-electron chi connectivity index (χ2n) is 2.72. The number of nitrogens with zero attached hydrogens (tertiary/aromatic N) is 1. The Bertz CT molecular complexity index is 418. The number of aromatic nitrogens is 1. The fourth-order valence-corrected chi connectivity index (χ4v) is 1.66. The van der Waals surface area contributed by atoms with Crippen molar-refractivity contribution in [2.24, 2.45) is 0 Å². The van der Waals surface area contributed by atoms with Gasteiger partial charge in [0.15, 0.2) is 12.0 Å². The number of rotatable bonds is 2. The van der Waals surface area contributed by atoms with E-state index in [0.29, 0.717) is 6.07 Å². The first kappa shape index (κ1) is 13.3. The van der Waals surface area contributed by atoms with Crippen LogP contribution >= 0.6 is 22.6 Å². The summed E-state index contributed by atoms with van der Waals surface area (Å²) in [6.07, 6.45) is -7.93. The van der Waals surface area contributed by atoms with Crippen LogP contribution in [-0.4, -0.2) is 11.3 Å². The van der Waals surface area contributed by atoms with Gasteiger partial charge in [-0.05, 0) is 28.7 Å². The van der Waals surface area contributed by atoms with Gasteiger partial charge in [0.2, 0.25) is 0 Å². The molecule has 0 unspecified atom stereocenters. The van der Waals surface area contributed by atoms with Crippen LogP contribution in [0.3, 0.4) is 0 Å². The third kappa shape index (κ3) is 2.66. The molecule has 2 nitrogen and oxygen atoms in total. The number of aldehydes is 1. The van der Waals surface area contributed by atoms with Crippen molar-refractivity contribution >= 4 is 28.9 Å². The second kappa shape index (κ2) is 4.60. The molecule has 0 saturated carbocycles. The molecule has 1 heterocycles. The van der Waals surface area contributed by atoms with Gasteiger partial charge in [-0.25, -0.2) is 13.8 Å². The Morgan fingerprint density at radius 1 is 1.38 bits per heavy atom. The number of hydrogen-bond acceptors (Lipinski definition) is 2. The van der Waals surface area contributed by atoms with Crippen LogP contribution < -0.4 is 0 Å². The Morgan fingerprint density at radius 2 is 1.94 bits per heavy atom. The molecule has 0 aliphatic heterocycles. The molecule has 0 fully saturated rings. The van der Waals surface area contributed by atoms with E-state index in [4.69, 9.17) is 0 Å². The standard InChI is InChI=1S/C8H3F5INO/c9-7(10)4-1-3(2-16)5(14)6(15-4)8(11,12)13/h1-2,7H. The highest BCUT2D eigenvalue weighted by atomic mass is 127. The van der Waals surface area contributed by atoms with Gasteiger partial charge in [0.1, 0.15) is 5.69 Å². The van der Waals surface area contributed by atoms with Crippen molar-refractivity contribution in [3.63, 3.8) is 0 Å². The lowest BCUT2D eigenvalue weighted by Gasteiger charge is -2.11. The zero-order valence-corrected chi connectivity index (χ0v) is 9.51. The van der Waals surface area contributed by atoms with Crippen LogP contribution in [0.25, 0.3) is 0 Å². The maximum Gasteiger partial charge on any atom is 0.434 e. The molecular formula is C8H3F5INO. The molecule has 1 aromatic rings. The lowest BCUT2D eigenvalue weighted by Crippen LogP contribution is -2.14. The summed E-state index contributed by atoms with van der Waals surface area (Å²) in [6, 6.07) is 0.647. The fourth-order valence-electron chi connectivity index (χ4n) is 0.955. The monoisotopic (exact) mass is 351 g/mol. The zero-order chi connectivity index (χ0) is 12.5. The van der Waals surface area contributed by atoms with E-state index in [-0.39, 0.29) is 6.29 Å². The second-order valence-corrected chi connectivity index (χ2v) is 3.79. The summed E-state index contributed by atoms with van der Waals surface area (Å²) in [5.74, 6) is 0. The van der Waals surface area contributed by atoms with Crippen molar-refractivity contribution in [1.29, 1.82) is 0 Å². The number of carbonyl (C=O) groups excluding carboxylic acids is 1. The first-order chi connectivity index (χ1) is 7.27. The molecule has 1 aromatic heterocycles. The van der Waals surface area contributed by atoms with Crippen LogP contribution in [-0.2, 0) is 6.18 Å². The van der Waals surface area contributed by atoms with Crippen molar-refractivity contribution in [1.82, 2.24) is 4.98 Å². The van der Waals surface area contributed by atoms with Crippen molar-refractivity contribution in [2.75, 3.05) is 0 Å². The molecule has 0 spiro atoms. The van der Waals surface area contributed by atoms with Crippen LogP contribution in [0.2, 0.25) is 0 Å². The molecular weight excluding hydrogens is 348 g/mol. The molecule has 0 aliphatic rings. The van der Waals surface area contributed by atoms with E-state index in [1.807, 2.05) is 0 Å². The molecule has 1 rings (SSSR count). The van der Waals surface area contributed by atoms with Crippen LogP contribution in [0, 0.1) is 3.57 Å². The third-order valence-corrected chi connectivity index (χ3v) is 2.76. The minimum atomic E-state index is -4.86. The van der Waals surface area contributed by atoms with Crippen LogP contribution in [0.4, 0.5) is 22.0 Å². The largest absolute Gasteiger partial charge is 0.434 e. The molecule has 0 atom stereocenters. The van der Waals surface area contributed by atoms with Gasteiger partial charge in [-0.15, -0.1) is 0 Å². The minimum absolute atomic E-state index is 0.0879. The van der Waals surface area contributed by atoms with E-state index in [0.717, 1.165) is 0 Å². The molecule has 0 amide bonds. The Balaban J connectivity index is 3.48. The van der Waals surface area contributed by atoms with Gasteiger partial charge >= 0.3 is 6.18 Å². The normalized spacial score (nSPS) is 11.9. The number of hydrogen-bond donors (Lipinski definition) is 0. The van der Waals surface area contributed by atoms with Crippen molar-refractivity contribution in [3.05, 3.63) is 26.6 Å². The average Bonchev–Trinajstić information content (AvgIpc) is 2.15. The summed E-state index contributed by atoms with van der Waals surface area (Å²) in [7, 11) is 0. The van der Waals surface area contributed by atoms with Crippen LogP contribution in [0.1, 0.15) is 28.2 Å². The first-order valence-electron chi connectivity index (χ1n) is 3.78. The van der Waals surface area contributed by atoms with Gasteiger partial charge in [0, 0.05) is 5.56 Å². The van der Waals surface area contributed by atoms with Gasteiger partial charge in [0.25, 0.3) is 6.43 Å². The summed E-state index contributed by atoms with van der Waals surface area (Å²) in [4.78, 5) is 13.2. The molecule has 8 heteroatoms. The van der Waals surface area contributed by atoms with E-state index >= 15 is 0 Å². The molecule has 16 heavy (non-hydrogen) atoms. The highest BCUT2D eigenvalue weighted by Crippen LogP contribution is 2.34. The quantitative estimate of drug-likeness (QED) is 0.464. The van der Waals surface area contributed by atoms with E-state index < -0.39 is 33.1 Å². The molecule has 0 radical (unpaired) electrons. The van der Waals surface area contributed by atoms with E-state index in [9.17, 15) is 26.7 Å². The molecule has 0 saturated heterocycles. The molecule has 88 valence electrons. The van der Waals surface area contributed by atoms with Gasteiger partial charge < -0.3 is 0 Å². The van der Waals surface area contributed by atoms with Gasteiger partial charge in [-0.3, -0.25) is 4.79 Å². The first-order valence-corrected chi connectivity index (χ1v) is 4.86. The zero-order valence-electron chi connectivity index (χ0n) is 7.36. The smallest absolute Gasteiger partial charge is 0.298 e. The highest BCUT2D eigenvalue weighted by Gasteiger charge is 2.37. The van der Waals surface area contributed by atoms with Crippen molar-refractivity contribution in [2.45, 2.75) is 12.6 Å². The lowest BCUT2D eigenvalue weighted by atomic mass is 10.2. The maximum absolute atomic E-state index is 12.4. The molecule has 0 aliphatic carbocycles. The summed E-state index contributed by atoms with van der Waals surface area (Å²) in [5.41, 5.74) is -2.97. The van der Waals surface area contributed by atoms with Crippen molar-refractivity contribution < 1.29 is 26.7 Å². The predicted octanol–water partition coefficient (Wildman–Crippen LogP) is 3.46. The summed E-state index contributed by atoms with van der Waals surface area (Å²) < 4.78 is 61.1. The predicted molar refractivity (Wildman–Crippen MR) is 52.3 cm³/mol. The van der Waals surface area contributed by atoms with E-state index in [1.54, 1.807) is 0 Å². The number of alkyl halides is 5. The van der Waals surface area contributed by atoms with Gasteiger partial charge in [-0.2, -0.15) is 13.2 Å². The van der Waals surface area contributed by atoms with Gasteiger partial charge in [-0.1, -0.05) is 0 Å². The number of halogens is 6. The Kier molecular flexibility index (Phi) is 3.81. The fraction of sp³-hybridized carbons (Fsp3) is 0.250. The topological polar surface area (TPSA) is 30.0 Å². The van der Waals surface area contributed by atoms with Crippen LogP contribution in [0.5, 0.6) is 0 Å². The minimum Gasteiger partial charge on any atom is -0.298 e. The summed E-state index contributed by atoms with van der Waals surface area (Å²) >= 11 is 1.25. The molecule has 0 N–H and O–H groups in total. The Morgan fingerprint density at radius 3 is 2.31 bits per heavy atom. The Hall–Kier alpha value is -0.800. The highest BCUT2D eigenvalue weighted by molar-refractivity contribution is 14.1.